The van der Waals surface area contributed by atoms with Gasteiger partial charge in [-0.05, 0) is 73.5 Å². The Morgan fingerprint density at radius 2 is 1.63 bits per heavy atom. The van der Waals surface area contributed by atoms with Crippen LogP contribution in [0.15, 0.2) is 90.0 Å². The molecule has 2 saturated heterocycles. The van der Waals surface area contributed by atoms with Crippen LogP contribution in [0, 0.1) is 5.82 Å². The highest BCUT2D eigenvalue weighted by molar-refractivity contribution is 7.90. The Labute approximate surface area is 251 Å². The summed E-state index contributed by atoms with van der Waals surface area (Å²) in [7, 11) is -3.24. The van der Waals surface area contributed by atoms with Crippen molar-refractivity contribution in [1.82, 2.24) is 19.6 Å². The molecule has 1 amide bonds. The number of likely N-dealkylation sites (tertiary alicyclic amines) is 2. The van der Waals surface area contributed by atoms with Crippen molar-refractivity contribution >= 4 is 15.7 Å². The molecule has 6 rings (SSSR count). The molecule has 2 aliphatic rings. The molecule has 2 fully saturated rings. The number of aromatic nitrogens is 2. The van der Waals surface area contributed by atoms with Gasteiger partial charge in [0.25, 0.3) is 5.91 Å². The lowest BCUT2D eigenvalue weighted by atomic mass is 9.90. The molecular weight excluding hydrogens is 567 g/mol. The van der Waals surface area contributed by atoms with Crippen molar-refractivity contribution in [2.24, 2.45) is 0 Å². The second-order valence-corrected chi connectivity index (χ2v) is 13.6. The Hall–Kier alpha value is -3.86. The molecule has 1 N–H and O–H groups in total. The number of hydrogen-bond donors (Lipinski definition) is 1. The number of nitrogens with zero attached hydrogens (tertiary/aromatic N) is 4. The molecule has 0 saturated carbocycles. The maximum Gasteiger partial charge on any atom is 0.257 e. The lowest BCUT2D eigenvalue weighted by Crippen LogP contribution is -2.34. The first-order valence-electron chi connectivity index (χ1n) is 14.5. The molecule has 4 aromatic rings. The van der Waals surface area contributed by atoms with Crippen LogP contribution in [0.4, 0.5) is 4.39 Å². The van der Waals surface area contributed by atoms with Crippen LogP contribution in [0.5, 0.6) is 0 Å². The summed E-state index contributed by atoms with van der Waals surface area (Å²) in [5.41, 5.74) is 4.06. The van der Waals surface area contributed by atoms with Crippen LogP contribution < -0.4 is 0 Å². The van der Waals surface area contributed by atoms with Crippen molar-refractivity contribution in [1.29, 1.82) is 0 Å². The SMILES string of the molecule is CS(=O)(=O)c1ccc(CN2CCC(c3c(C(=O)N4C[C@@H](O)[C@H](c5ccccc5)C4)cnn3-c3ccc(F)cc3)CC2)cc1. The van der Waals surface area contributed by atoms with Crippen molar-refractivity contribution in [2.75, 3.05) is 32.4 Å². The Kier molecular flexibility index (Phi) is 8.17. The Bertz CT molecular complexity index is 1680. The van der Waals surface area contributed by atoms with Crippen LogP contribution in [0.1, 0.15) is 51.9 Å². The molecule has 0 radical (unpaired) electrons. The summed E-state index contributed by atoms with van der Waals surface area (Å²) in [4.78, 5) is 18.3. The van der Waals surface area contributed by atoms with Gasteiger partial charge in [0.2, 0.25) is 0 Å². The Morgan fingerprint density at radius 3 is 2.28 bits per heavy atom. The molecule has 0 bridgehead atoms. The van der Waals surface area contributed by atoms with Gasteiger partial charge < -0.3 is 10.0 Å². The van der Waals surface area contributed by atoms with Gasteiger partial charge in [0.05, 0.1) is 34.1 Å². The fourth-order valence-corrected chi connectivity index (χ4v) is 6.95. The van der Waals surface area contributed by atoms with E-state index >= 15 is 0 Å². The predicted octanol–water partition coefficient (Wildman–Crippen LogP) is 4.40. The van der Waals surface area contributed by atoms with Gasteiger partial charge in [0, 0.05) is 37.7 Å². The van der Waals surface area contributed by atoms with Gasteiger partial charge in [-0.1, -0.05) is 42.5 Å². The minimum atomic E-state index is -3.24. The summed E-state index contributed by atoms with van der Waals surface area (Å²) in [5.74, 6) is -0.609. The van der Waals surface area contributed by atoms with Crippen LogP contribution >= 0.6 is 0 Å². The van der Waals surface area contributed by atoms with E-state index in [-0.39, 0.29) is 30.1 Å². The number of hydrogen-bond acceptors (Lipinski definition) is 6. The first-order valence-corrected chi connectivity index (χ1v) is 16.4. The van der Waals surface area contributed by atoms with Crippen molar-refractivity contribution in [3.05, 3.63) is 113 Å². The first kappa shape index (κ1) is 29.2. The van der Waals surface area contributed by atoms with Gasteiger partial charge in [-0.25, -0.2) is 17.5 Å². The third-order valence-corrected chi connectivity index (χ3v) is 9.77. The maximum absolute atomic E-state index is 14.0. The van der Waals surface area contributed by atoms with E-state index < -0.39 is 15.9 Å². The van der Waals surface area contributed by atoms with E-state index in [2.05, 4.69) is 10.00 Å². The Balaban J connectivity index is 1.22. The standard InChI is InChI=1S/C33H35FN4O4S/c1-43(41,42)28-13-7-23(8-14-28)20-36-17-15-25(16-18-36)32-29(19-35-38(32)27-11-9-26(34)10-12-27)33(40)37-21-30(31(39)22-37)24-5-3-2-4-6-24/h2-14,19,25,30-31,39H,15-18,20-22H2,1H3/t30-,31+/m0/s1. The normalized spacial score (nSPS) is 20.0. The average molecular weight is 603 g/mol. The molecule has 1 aromatic heterocycles. The lowest BCUT2D eigenvalue weighted by Gasteiger charge is -2.33. The van der Waals surface area contributed by atoms with E-state index in [0.717, 1.165) is 42.8 Å². The van der Waals surface area contributed by atoms with Gasteiger partial charge in [-0.15, -0.1) is 0 Å². The number of β-amino-alcohol motifs (C(OH)–C–C–N with tert-alkyl or cyclic N) is 1. The number of carbonyl (C=O) groups excluding carboxylic acids is 1. The lowest BCUT2D eigenvalue weighted by molar-refractivity contribution is 0.0762. The first-order chi connectivity index (χ1) is 20.7. The number of aliphatic hydroxyl groups is 1. The van der Waals surface area contributed by atoms with Crippen LogP contribution in [-0.2, 0) is 16.4 Å². The highest BCUT2D eigenvalue weighted by atomic mass is 32.2. The second-order valence-electron chi connectivity index (χ2n) is 11.6. The molecule has 10 heteroatoms. The summed E-state index contributed by atoms with van der Waals surface area (Å²) in [6.07, 6.45) is 3.75. The molecule has 224 valence electrons. The van der Waals surface area contributed by atoms with E-state index in [9.17, 15) is 22.7 Å². The van der Waals surface area contributed by atoms with Gasteiger partial charge >= 0.3 is 0 Å². The quantitative estimate of drug-likeness (QED) is 0.337. The summed E-state index contributed by atoms with van der Waals surface area (Å²) in [6, 6.07) is 22.9. The highest BCUT2D eigenvalue weighted by Crippen LogP contribution is 2.35. The molecule has 43 heavy (non-hydrogen) atoms. The smallest absolute Gasteiger partial charge is 0.257 e. The largest absolute Gasteiger partial charge is 0.391 e. The van der Waals surface area contributed by atoms with Gasteiger partial charge in [-0.3, -0.25) is 9.69 Å². The van der Waals surface area contributed by atoms with Crippen molar-refractivity contribution < 1.29 is 22.7 Å². The van der Waals surface area contributed by atoms with Crippen molar-refractivity contribution in [3.63, 3.8) is 0 Å². The molecular formula is C33H35FN4O4S. The second kappa shape index (κ2) is 12.0. The van der Waals surface area contributed by atoms with E-state index in [1.54, 1.807) is 40.0 Å². The molecule has 3 aromatic carbocycles. The number of aliphatic hydroxyl groups excluding tert-OH is 1. The third-order valence-electron chi connectivity index (χ3n) is 8.64. The number of piperidine rings is 1. The maximum atomic E-state index is 14.0. The minimum absolute atomic E-state index is 0.0489. The van der Waals surface area contributed by atoms with Crippen LogP contribution in [-0.4, -0.2) is 77.6 Å². The third kappa shape index (κ3) is 6.27. The van der Waals surface area contributed by atoms with E-state index in [0.29, 0.717) is 29.2 Å². The Morgan fingerprint density at radius 1 is 0.953 bits per heavy atom. The topological polar surface area (TPSA) is 95.7 Å². The molecule has 0 unspecified atom stereocenters. The number of benzene rings is 3. The zero-order valence-corrected chi connectivity index (χ0v) is 24.8. The van der Waals surface area contributed by atoms with Crippen molar-refractivity contribution in [3.8, 4) is 5.69 Å². The molecule has 3 heterocycles. The predicted molar refractivity (Wildman–Crippen MR) is 161 cm³/mol. The zero-order valence-electron chi connectivity index (χ0n) is 24.0. The molecule has 8 nitrogen and oxygen atoms in total. The minimum Gasteiger partial charge on any atom is -0.391 e. The monoisotopic (exact) mass is 602 g/mol. The number of sulfone groups is 1. The van der Waals surface area contributed by atoms with Crippen LogP contribution in [0.25, 0.3) is 5.69 Å². The van der Waals surface area contributed by atoms with Crippen molar-refractivity contribution in [2.45, 2.75) is 42.2 Å². The zero-order chi connectivity index (χ0) is 30.1. The van der Waals surface area contributed by atoms with Gasteiger partial charge in [0.1, 0.15) is 5.82 Å². The number of rotatable bonds is 7. The van der Waals surface area contributed by atoms with Gasteiger partial charge in [-0.2, -0.15) is 5.10 Å². The van der Waals surface area contributed by atoms with Gasteiger partial charge in [0.15, 0.2) is 9.84 Å². The molecule has 0 aliphatic carbocycles. The summed E-state index contributed by atoms with van der Waals surface area (Å²) >= 11 is 0. The van der Waals surface area contributed by atoms with Crippen LogP contribution in [0.3, 0.4) is 0 Å². The molecule has 0 spiro atoms. The average Bonchev–Trinajstić information content (AvgIpc) is 3.62. The van der Waals surface area contributed by atoms with E-state index in [4.69, 9.17) is 0 Å². The molecule has 2 aliphatic heterocycles. The molecule has 2 atom stereocenters. The van der Waals surface area contributed by atoms with E-state index in [1.807, 2.05) is 42.5 Å². The number of halogens is 1. The van der Waals surface area contributed by atoms with Crippen LogP contribution in [0.2, 0.25) is 0 Å². The fraction of sp³-hybridized carbons (Fsp3) is 0.333. The fourth-order valence-electron chi connectivity index (χ4n) is 6.32. The number of amides is 1. The summed E-state index contributed by atoms with van der Waals surface area (Å²) in [5, 5.41) is 15.5. The highest BCUT2D eigenvalue weighted by Gasteiger charge is 2.38. The summed E-state index contributed by atoms with van der Waals surface area (Å²) in [6.45, 7) is 2.95. The summed E-state index contributed by atoms with van der Waals surface area (Å²) < 4.78 is 39.1. The van der Waals surface area contributed by atoms with E-state index in [1.165, 1.54) is 18.4 Å². The number of carbonyl (C=O) groups is 1.